The maximum atomic E-state index is 14.8. The van der Waals surface area contributed by atoms with Gasteiger partial charge in [0.25, 0.3) is 5.91 Å². The summed E-state index contributed by atoms with van der Waals surface area (Å²) in [5.41, 5.74) is 4.03. The van der Waals surface area contributed by atoms with E-state index in [0.717, 1.165) is 35.2 Å². The Morgan fingerprint density at radius 2 is 1.97 bits per heavy atom. The third-order valence-electron chi connectivity index (χ3n) is 6.38. The van der Waals surface area contributed by atoms with E-state index in [1.54, 1.807) is 30.7 Å². The first-order chi connectivity index (χ1) is 16.6. The normalized spacial score (nSPS) is 15.4. The van der Waals surface area contributed by atoms with Gasteiger partial charge < -0.3 is 9.88 Å². The van der Waals surface area contributed by atoms with Crippen LogP contribution >= 0.6 is 0 Å². The zero-order valence-corrected chi connectivity index (χ0v) is 18.7. The molecule has 0 radical (unpaired) electrons. The molecule has 0 aliphatic heterocycles. The molecule has 3 aromatic heterocycles. The monoisotopic (exact) mass is 454 g/mol. The summed E-state index contributed by atoms with van der Waals surface area (Å²) in [5.74, 6) is 0.404. The third-order valence-corrected chi connectivity index (χ3v) is 6.38. The summed E-state index contributed by atoms with van der Waals surface area (Å²) in [5, 5.41) is 10.9. The van der Waals surface area contributed by atoms with Crippen molar-refractivity contribution in [2.24, 2.45) is 0 Å². The Hall–Kier alpha value is -3.94. The second-order valence-corrected chi connectivity index (χ2v) is 9.05. The molecule has 8 heteroatoms. The molecule has 0 saturated heterocycles. The first-order valence-electron chi connectivity index (χ1n) is 11.5. The Bertz CT molecular complexity index is 1390. The number of aryl methyl sites for hydroxylation is 1. The van der Waals surface area contributed by atoms with Gasteiger partial charge in [-0.1, -0.05) is 12.1 Å². The summed E-state index contributed by atoms with van der Waals surface area (Å²) >= 11 is 0. The molecule has 34 heavy (non-hydrogen) atoms. The van der Waals surface area contributed by atoms with Crippen molar-refractivity contribution >= 4 is 11.7 Å². The smallest absolute Gasteiger partial charge is 0.259 e. The van der Waals surface area contributed by atoms with Gasteiger partial charge in [-0.2, -0.15) is 0 Å². The fourth-order valence-corrected chi connectivity index (χ4v) is 4.20. The number of carbonyl (C=O) groups excluding carboxylic acids is 1. The quantitative estimate of drug-likeness (QED) is 0.426. The van der Waals surface area contributed by atoms with Crippen LogP contribution in [0.5, 0.6) is 0 Å². The fraction of sp³-hybridized carbons (Fsp3) is 0.269. The predicted octanol–water partition coefficient (Wildman–Crippen LogP) is 5.31. The zero-order chi connectivity index (χ0) is 23.2. The van der Waals surface area contributed by atoms with Crippen LogP contribution in [0.15, 0.2) is 55.0 Å². The van der Waals surface area contributed by atoms with Crippen molar-refractivity contribution in [3.05, 3.63) is 77.6 Å². The molecule has 4 aromatic rings. The van der Waals surface area contributed by atoms with E-state index in [4.69, 9.17) is 0 Å². The highest BCUT2D eigenvalue weighted by Gasteiger charge is 2.27. The van der Waals surface area contributed by atoms with E-state index in [1.165, 1.54) is 18.9 Å². The van der Waals surface area contributed by atoms with Gasteiger partial charge in [0.1, 0.15) is 23.7 Å². The molecular formula is C26H23FN6O. The highest BCUT2D eigenvalue weighted by molar-refractivity contribution is 6.05. The second kappa shape index (κ2) is 8.13. The molecule has 2 saturated carbocycles. The average Bonchev–Trinajstić information content (AvgIpc) is 3.78. The number of halogens is 1. The summed E-state index contributed by atoms with van der Waals surface area (Å²) in [6, 6.07) is 12.7. The lowest BCUT2D eigenvalue weighted by Crippen LogP contribution is -2.15. The Kier molecular flexibility index (Phi) is 4.94. The number of aromatic nitrogens is 5. The van der Waals surface area contributed by atoms with Crippen molar-refractivity contribution in [1.29, 1.82) is 0 Å². The SMILES string of the molecule is Cc1cc(F)c(C(=O)Nc2cccc(-c3nncn3C3CC3)n2)cc1-c1ccc(C2CC2)nc1. The number of rotatable bonds is 6. The number of carbonyl (C=O) groups is 1. The molecule has 7 nitrogen and oxygen atoms in total. The maximum Gasteiger partial charge on any atom is 0.259 e. The van der Waals surface area contributed by atoms with Crippen molar-refractivity contribution in [2.45, 2.75) is 44.6 Å². The number of nitrogens with zero attached hydrogens (tertiary/aromatic N) is 5. The lowest BCUT2D eigenvalue weighted by Gasteiger charge is -2.12. The summed E-state index contributed by atoms with van der Waals surface area (Å²) in [7, 11) is 0. The van der Waals surface area contributed by atoms with Gasteiger partial charge in [-0.3, -0.25) is 9.78 Å². The van der Waals surface area contributed by atoms with Crippen molar-refractivity contribution in [3.63, 3.8) is 0 Å². The number of pyridine rings is 2. The van der Waals surface area contributed by atoms with E-state index in [9.17, 15) is 9.18 Å². The van der Waals surface area contributed by atoms with Gasteiger partial charge >= 0.3 is 0 Å². The van der Waals surface area contributed by atoms with Crippen LogP contribution in [0.3, 0.4) is 0 Å². The number of benzene rings is 1. The number of hydrogen-bond acceptors (Lipinski definition) is 5. The molecular weight excluding hydrogens is 431 g/mol. The topological polar surface area (TPSA) is 85.6 Å². The van der Waals surface area contributed by atoms with Gasteiger partial charge in [0.15, 0.2) is 5.82 Å². The first-order valence-corrected chi connectivity index (χ1v) is 11.5. The molecule has 6 rings (SSSR count). The minimum absolute atomic E-state index is 0.0415. The number of nitrogens with one attached hydrogen (secondary N) is 1. The van der Waals surface area contributed by atoms with Gasteiger partial charge in [0, 0.05) is 29.4 Å². The van der Waals surface area contributed by atoms with Crippen molar-refractivity contribution in [1.82, 2.24) is 24.7 Å². The van der Waals surface area contributed by atoms with Crippen LogP contribution < -0.4 is 5.32 Å². The van der Waals surface area contributed by atoms with Crippen LogP contribution in [0.4, 0.5) is 10.2 Å². The Morgan fingerprint density at radius 3 is 2.71 bits per heavy atom. The summed E-state index contributed by atoms with van der Waals surface area (Å²) in [4.78, 5) is 22.1. The highest BCUT2D eigenvalue weighted by atomic mass is 19.1. The van der Waals surface area contributed by atoms with Crippen molar-refractivity contribution in [3.8, 4) is 22.6 Å². The standard InChI is InChI=1S/C26H23FN6O/c1-15-11-21(27)20(12-19(15)17-7-10-22(28-13-17)16-5-6-16)26(34)31-24-4-2-3-23(30-24)25-32-29-14-33(25)18-8-9-18/h2-4,7,10-14,16,18H,5-6,8-9H2,1H3,(H,30,31,34). The van der Waals surface area contributed by atoms with Gasteiger partial charge in [0.05, 0.1) is 5.56 Å². The summed E-state index contributed by atoms with van der Waals surface area (Å²) < 4.78 is 16.8. The predicted molar refractivity (Wildman–Crippen MR) is 126 cm³/mol. The molecule has 0 atom stereocenters. The van der Waals surface area contributed by atoms with E-state index in [-0.39, 0.29) is 5.56 Å². The lowest BCUT2D eigenvalue weighted by molar-refractivity contribution is 0.102. The molecule has 1 N–H and O–H groups in total. The molecule has 0 spiro atoms. The van der Waals surface area contributed by atoms with Crippen LogP contribution in [0.1, 0.15) is 59.3 Å². The number of amides is 1. The van der Waals surface area contributed by atoms with Gasteiger partial charge in [0.2, 0.25) is 0 Å². The number of anilines is 1. The Morgan fingerprint density at radius 1 is 1.12 bits per heavy atom. The van der Waals surface area contributed by atoms with E-state index in [1.807, 2.05) is 29.7 Å². The van der Waals surface area contributed by atoms with Crippen molar-refractivity contribution < 1.29 is 9.18 Å². The van der Waals surface area contributed by atoms with Crippen LogP contribution in [0.25, 0.3) is 22.6 Å². The molecule has 1 aromatic carbocycles. The zero-order valence-electron chi connectivity index (χ0n) is 18.7. The van der Waals surface area contributed by atoms with Crippen LogP contribution in [0, 0.1) is 12.7 Å². The molecule has 2 aliphatic carbocycles. The highest BCUT2D eigenvalue weighted by Crippen LogP contribution is 2.39. The Labute approximate surface area is 196 Å². The van der Waals surface area contributed by atoms with Crippen LogP contribution in [-0.4, -0.2) is 30.6 Å². The fourth-order valence-electron chi connectivity index (χ4n) is 4.20. The third kappa shape index (κ3) is 3.96. The van der Waals surface area contributed by atoms with Crippen LogP contribution in [0.2, 0.25) is 0 Å². The maximum absolute atomic E-state index is 14.8. The van der Waals surface area contributed by atoms with E-state index >= 15 is 0 Å². The van der Waals surface area contributed by atoms with E-state index in [0.29, 0.717) is 29.3 Å². The minimum Gasteiger partial charge on any atom is -0.309 e. The second-order valence-electron chi connectivity index (χ2n) is 9.05. The van der Waals surface area contributed by atoms with E-state index in [2.05, 4.69) is 25.5 Å². The molecule has 2 fully saturated rings. The summed E-state index contributed by atoms with van der Waals surface area (Å²) in [6.45, 7) is 1.83. The lowest BCUT2D eigenvalue weighted by atomic mass is 9.98. The van der Waals surface area contributed by atoms with E-state index < -0.39 is 11.7 Å². The van der Waals surface area contributed by atoms with Gasteiger partial charge in [-0.05, 0) is 74.1 Å². The molecule has 0 bridgehead atoms. The Balaban J connectivity index is 1.27. The van der Waals surface area contributed by atoms with Gasteiger partial charge in [-0.25, -0.2) is 9.37 Å². The average molecular weight is 455 g/mol. The summed E-state index contributed by atoms with van der Waals surface area (Å²) in [6.07, 6.45) is 8.05. The van der Waals surface area contributed by atoms with Crippen LogP contribution in [-0.2, 0) is 0 Å². The molecule has 0 unspecified atom stereocenters. The van der Waals surface area contributed by atoms with Crippen molar-refractivity contribution in [2.75, 3.05) is 5.32 Å². The molecule has 170 valence electrons. The van der Waals surface area contributed by atoms with Gasteiger partial charge in [-0.15, -0.1) is 10.2 Å². The largest absolute Gasteiger partial charge is 0.309 e. The minimum atomic E-state index is -0.578. The molecule has 1 amide bonds. The first kappa shape index (κ1) is 20.7. The molecule has 2 aliphatic rings. The number of hydrogen-bond donors (Lipinski definition) is 1. The molecule has 3 heterocycles.